The third-order valence-electron chi connectivity index (χ3n) is 5.81. The molecule has 0 radical (unpaired) electrons. The average molecular weight is 228 g/mol. The fourth-order valence-electron chi connectivity index (χ4n) is 3.55. The average Bonchev–Trinajstić information content (AvgIpc) is 2.42. The summed E-state index contributed by atoms with van der Waals surface area (Å²) in [7, 11) is 3.63. The lowest BCUT2D eigenvalue weighted by molar-refractivity contribution is -0.187. The maximum Gasteiger partial charge on any atom is 0.0759 e. The molecule has 0 aromatic rings. The number of hydrogen-bond acceptors (Lipinski definition) is 2. The number of rotatable bonds is 3. The summed E-state index contributed by atoms with van der Waals surface area (Å²) in [6, 6.07) is 0. The Balaban J connectivity index is 3.22. The van der Waals surface area contributed by atoms with Gasteiger partial charge in [-0.2, -0.15) is 0 Å². The minimum atomic E-state index is -0.170. The first kappa shape index (κ1) is 14.0. The van der Waals surface area contributed by atoms with Gasteiger partial charge in [-0.25, -0.2) is 0 Å². The topological polar surface area (TPSA) is 18.5 Å². The number of ether oxygens (including phenoxy) is 2. The summed E-state index contributed by atoms with van der Waals surface area (Å²) < 4.78 is 11.6. The lowest BCUT2D eigenvalue weighted by atomic mass is 9.64. The zero-order valence-corrected chi connectivity index (χ0v) is 12.2. The minimum Gasteiger partial charge on any atom is -0.378 e. The molecule has 96 valence electrons. The molecule has 1 aliphatic rings. The van der Waals surface area contributed by atoms with Crippen LogP contribution < -0.4 is 0 Å². The minimum absolute atomic E-state index is 0.0440. The Morgan fingerprint density at radius 1 is 1.12 bits per heavy atom. The molecule has 0 aromatic heterocycles. The second-order valence-corrected chi connectivity index (χ2v) is 6.33. The van der Waals surface area contributed by atoms with Gasteiger partial charge in [0.1, 0.15) is 0 Å². The van der Waals surface area contributed by atoms with Crippen LogP contribution in [0.2, 0.25) is 0 Å². The first-order valence-electron chi connectivity index (χ1n) is 6.26. The number of methoxy groups -OCH3 is 2. The van der Waals surface area contributed by atoms with Crippen molar-refractivity contribution in [2.75, 3.05) is 14.2 Å². The van der Waals surface area contributed by atoms with Gasteiger partial charge in [-0.05, 0) is 39.0 Å². The van der Waals surface area contributed by atoms with Crippen LogP contribution in [0.25, 0.3) is 0 Å². The monoisotopic (exact) mass is 228 g/mol. The Labute approximate surface area is 101 Å². The maximum absolute atomic E-state index is 5.91. The Kier molecular flexibility index (Phi) is 3.49. The van der Waals surface area contributed by atoms with E-state index in [1.165, 1.54) is 0 Å². The van der Waals surface area contributed by atoms with Crippen LogP contribution in [0, 0.1) is 17.3 Å². The van der Waals surface area contributed by atoms with E-state index in [1.807, 2.05) is 7.11 Å². The zero-order chi connectivity index (χ0) is 12.8. The van der Waals surface area contributed by atoms with E-state index in [0.717, 1.165) is 6.42 Å². The molecule has 0 unspecified atom stereocenters. The Bertz CT molecular complexity index is 261. The van der Waals surface area contributed by atoms with Crippen LogP contribution in [0.3, 0.4) is 0 Å². The van der Waals surface area contributed by atoms with Crippen LogP contribution in [0.4, 0.5) is 0 Å². The first-order chi connectivity index (χ1) is 7.16. The maximum atomic E-state index is 5.91. The molecule has 1 rings (SSSR count). The molecule has 0 saturated heterocycles. The highest BCUT2D eigenvalue weighted by Gasteiger charge is 2.62. The van der Waals surface area contributed by atoms with Crippen LogP contribution in [-0.2, 0) is 9.47 Å². The van der Waals surface area contributed by atoms with Gasteiger partial charge < -0.3 is 9.47 Å². The largest absolute Gasteiger partial charge is 0.378 e. The van der Waals surface area contributed by atoms with Crippen molar-refractivity contribution in [2.24, 2.45) is 17.3 Å². The van der Waals surface area contributed by atoms with Gasteiger partial charge in [0.2, 0.25) is 0 Å². The van der Waals surface area contributed by atoms with Gasteiger partial charge in [-0.1, -0.05) is 20.8 Å². The molecule has 0 aliphatic heterocycles. The van der Waals surface area contributed by atoms with Crippen molar-refractivity contribution < 1.29 is 9.47 Å². The van der Waals surface area contributed by atoms with Crippen molar-refractivity contribution >= 4 is 0 Å². The summed E-state index contributed by atoms with van der Waals surface area (Å²) >= 11 is 0. The molecule has 2 nitrogen and oxygen atoms in total. The smallest absolute Gasteiger partial charge is 0.0759 e. The van der Waals surface area contributed by atoms with E-state index in [0.29, 0.717) is 11.8 Å². The van der Waals surface area contributed by atoms with Gasteiger partial charge in [0, 0.05) is 19.6 Å². The first-order valence-corrected chi connectivity index (χ1v) is 6.26. The van der Waals surface area contributed by atoms with Crippen molar-refractivity contribution in [2.45, 2.75) is 59.2 Å². The molecule has 0 amide bonds. The highest BCUT2D eigenvalue weighted by molar-refractivity contribution is 5.12. The lowest BCUT2D eigenvalue weighted by Gasteiger charge is -2.51. The summed E-state index contributed by atoms with van der Waals surface area (Å²) in [6.45, 7) is 13.5. The predicted octanol–water partition coefficient (Wildman–Crippen LogP) is 3.50. The second-order valence-electron chi connectivity index (χ2n) is 6.33. The van der Waals surface area contributed by atoms with Crippen molar-refractivity contribution in [1.29, 1.82) is 0 Å². The standard InChI is InChI=1S/C14H28O2/c1-10-9-13(5,12(3,4)15-7)14(6,16-8)11(10)2/h10-11H,9H2,1-8H3/t10-,11-,13+,14+/m1/s1. The van der Waals surface area contributed by atoms with Crippen molar-refractivity contribution in [1.82, 2.24) is 0 Å². The zero-order valence-electron chi connectivity index (χ0n) is 12.2. The van der Waals surface area contributed by atoms with E-state index < -0.39 is 0 Å². The van der Waals surface area contributed by atoms with Gasteiger partial charge in [-0.15, -0.1) is 0 Å². The van der Waals surface area contributed by atoms with E-state index in [9.17, 15) is 0 Å². The highest BCUT2D eigenvalue weighted by atomic mass is 16.5. The third-order valence-corrected chi connectivity index (χ3v) is 5.81. The van der Waals surface area contributed by atoms with E-state index in [2.05, 4.69) is 41.5 Å². The molecule has 0 heterocycles. The van der Waals surface area contributed by atoms with Gasteiger partial charge in [0.25, 0.3) is 0 Å². The van der Waals surface area contributed by atoms with Crippen LogP contribution in [0.1, 0.15) is 48.0 Å². The molecule has 0 N–H and O–H groups in total. The third kappa shape index (κ3) is 1.53. The quantitative estimate of drug-likeness (QED) is 0.736. The van der Waals surface area contributed by atoms with Gasteiger partial charge >= 0.3 is 0 Å². The molecule has 0 spiro atoms. The molecule has 2 heteroatoms. The molecule has 16 heavy (non-hydrogen) atoms. The summed E-state index contributed by atoms with van der Waals surface area (Å²) in [5.41, 5.74) is -0.245. The second kappa shape index (κ2) is 3.99. The molecule has 1 aliphatic carbocycles. The Morgan fingerprint density at radius 3 is 2.00 bits per heavy atom. The van der Waals surface area contributed by atoms with Gasteiger partial charge in [0.05, 0.1) is 11.2 Å². The van der Waals surface area contributed by atoms with E-state index in [-0.39, 0.29) is 16.6 Å². The predicted molar refractivity (Wildman–Crippen MR) is 67.6 cm³/mol. The molecule has 0 aromatic carbocycles. The molecular formula is C14H28O2. The summed E-state index contributed by atoms with van der Waals surface area (Å²) in [5.74, 6) is 1.22. The fourth-order valence-corrected chi connectivity index (χ4v) is 3.55. The summed E-state index contributed by atoms with van der Waals surface area (Å²) in [4.78, 5) is 0. The van der Waals surface area contributed by atoms with Gasteiger partial charge in [0.15, 0.2) is 0 Å². The Hall–Kier alpha value is -0.0800. The molecule has 0 bridgehead atoms. The molecule has 1 fully saturated rings. The molecule has 4 atom stereocenters. The Morgan fingerprint density at radius 2 is 1.62 bits per heavy atom. The molecular weight excluding hydrogens is 200 g/mol. The van der Waals surface area contributed by atoms with Crippen LogP contribution in [0.5, 0.6) is 0 Å². The van der Waals surface area contributed by atoms with E-state index in [1.54, 1.807) is 7.11 Å². The summed E-state index contributed by atoms with van der Waals surface area (Å²) in [5, 5.41) is 0. The van der Waals surface area contributed by atoms with Crippen molar-refractivity contribution in [3.05, 3.63) is 0 Å². The molecule has 1 saturated carbocycles. The number of hydrogen-bond donors (Lipinski definition) is 0. The van der Waals surface area contributed by atoms with E-state index in [4.69, 9.17) is 9.47 Å². The van der Waals surface area contributed by atoms with Crippen LogP contribution in [0.15, 0.2) is 0 Å². The van der Waals surface area contributed by atoms with Crippen LogP contribution in [-0.4, -0.2) is 25.4 Å². The van der Waals surface area contributed by atoms with Crippen molar-refractivity contribution in [3.63, 3.8) is 0 Å². The van der Waals surface area contributed by atoms with E-state index >= 15 is 0 Å². The van der Waals surface area contributed by atoms with Crippen molar-refractivity contribution in [3.8, 4) is 0 Å². The summed E-state index contributed by atoms with van der Waals surface area (Å²) in [6.07, 6.45) is 1.15. The van der Waals surface area contributed by atoms with Gasteiger partial charge in [-0.3, -0.25) is 0 Å². The lowest BCUT2D eigenvalue weighted by Crippen LogP contribution is -2.56. The highest BCUT2D eigenvalue weighted by Crippen LogP contribution is 2.59. The SMILES string of the molecule is COC(C)(C)[C@]1(C)C[C@@H](C)[C@@H](C)[C@]1(C)OC. The fraction of sp³-hybridized carbons (Fsp3) is 1.00. The normalized spacial score (nSPS) is 45.0. The van der Waals surface area contributed by atoms with Crippen LogP contribution >= 0.6 is 0 Å².